The van der Waals surface area contributed by atoms with E-state index >= 15 is 0 Å². The molecule has 2 N–H and O–H groups in total. The number of hydrogen-bond donors (Lipinski definition) is 1. The Balaban J connectivity index is 1.63. The number of amides is 2. The van der Waals surface area contributed by atoms with Crippen LogP contribution in [0.5, 0.6) is 0 Å². The van der Waals surface area contributed by atoms with Crippen LogP contribution in [-0.4, -0.2) is 50.1 Å². The summed E-state index contributed by atoms with van der Waals surface area (Å²) in [5.41, 5.74) is 7.10. The highest BCUT2D eigenvalue weighted by atomic mass is 32.2. The van der Waals surface area contributed by atoms with Gasteiger partial charge >= 0.3 is 0 Å². The van der Waals surface area contributed by atoms with Crippen LogP contribution >= 0.6 is 24.0 Å². The fourth-order valence-corrected chi connectivity index (χ4v) is 6.21. The number of aryl methyl sites for hydroxylation is 1. The van der Waals surface area contributed by atoms with Crippen LogP contribution < -0.4 is 16.2 Å². The fourth-order valence-electron chi connectivity index (χ4n) is 4.92. The minimum atomic E-state index is -0.295. The number of fused-ring (bicyclic) bond motifs is 1. The van der Waals surface area contributed by atoms with E-state index in [-0.39, 0.29) is 23.3 Å². The molecule has 2 saturated heterocycles. The lowest BCUT2D eigenvalue weighted by atomic mass is 9.96. The zero-order chi connectivity index (χ0) is 26.5. The Morgan fingerprint density at radius 1 is 1.19 bits per heavy atom. The first kappa shape index (κ1) is 27.3. The Bertz CT molecular complexity index is 1280. The van der Waals surface area contributed by atoms with Crippen LogP contribution in [0.25, 0.3) is 11.7 Å². The molecule has 0 saturated carbocycles. The smallest absolute Gasteiger partial charge is 0.267 e. The van der Waals surface area contributed by atoms with Gasteiger partial charge in [-0.1, -0.05) is 69.1 Å². The molecule has 2 amide bonds. The molecule has 10 heteroatoms. The van der Waals surface area contributed by atoms with Gasteiger partial charge in [0.05, 0.1) is 10.5 Å². The molecule has 2 aromatic heterocycles. The summed E-state index contributed by atoms with van der Waals surface area (Å²) in [6.45, 7) is 5.82. The number of carbonyl (C=O) groups is 2. The lowest BCUT2D eigenvalue weighted by Crippen LogP contribution is -2.40. The summed E-state index contributed by atoms with van der Waals surface area (Å²) >= 11 is 6.77. The van der Waals surface area contributed by atoms with Crippen LogP contribution in [0.2, 0.25) is 0 Å². The minimum Gasteiger partial charge on any atom is -0.369 e. The highest BCUT2D eigenvalue weighted by Gasteiger charge is 2.33. The van der Waals surface area contributed by atoms with Crippen molar-refractivity contribution in [3.63, 3.8) is 0 Å². The van der Waals surface area contributed by atoms with Crippen molar-refractivity contribution < 1.29 is 9.59 Å². The quantitative estimate of drug-likeness (QED) is 0.272. The summed E-state index contributed by atoms with van der Waals surface area (Å²) in [4.78, 5) is 47.6. The van der Waals surface area contributed by atoms with Crippen molar-refractivity contribution in [3.05, 3.63) is 44.7 Å². The fraction of sp³-hybridized carbons (Fsp3) is 0.519. The van der Waals surface area contributed by atoms with Gasteiger partial charge in [0.25, 0.3) is 11.5 Å². The van der Waals surface area contributed by atoms with Gasteiger partial charge in [0.2, 0.25) is 5.91 Å². The number of anilines is 1. The van der Waals surface area contributed by atoms with Gasteiger partial charge in [-0.05, 0) is 43.9 Å². The molecule has 2 fully saturated rings. The predicted octanol–water partition coefficient (Wildman–Crippen LogP) is 4.27. The van der Waals surface area contributed by atoms with Gasteiger partial charge in [-0.15, -0.1) is 0 Å². The Kier molecular flexibility index (Phi) is 9.02. The van der Waals surface area contributed by atoms with E-state index < -0.39 is 0 Å². The molecule has 2 aromatic rings. The Hall–Kier alpha value is -2.72. The van der Waals surface area contributed by atoms with Crippen LogP contribution in [0.15, 0.2) is 28.0 Å². The van der Waals surface area contributed by atoms with Crippen molar-refractivity contribution in [3.8, 4) is 0 Å². The molecule has 198 valence electrons. The molecule has 4 rings (SSSR count). The van der Waals surface area contributed by atoms with E-state index in [0.717, 1.165) is 24.8 Å². The van der Waals surface area contributed by atoms with E-state index in [4.69, 9.17) is 22.9 Å². The molecule has 0 aliphatic carbocycles. The van der Waals surface area contributed by atoms with Crippen molar-refractivity contribution in [2.75, 3.05) is 24.5 Å². The maximum Gasteiger partial charge on any atom is 0.267 e. The van der Waals surface area contributed by atoms with Crippen molar-refractivity contribution in [1.82, 2.24) is 14.3 Å². The zero-order valence-corrected chi connectivity index (χ0v) is 23.2. The standard InChI is InChI=1S/C27H35N5O3S2/c1-3-4-5-6-7-8-13-32-26(35)21(37-27(32)36)17-20-24(30-15-11-19(12-16-30)22(28)33)29-23-18(2)10-9-14-31(23)25(20)34/h9-10,14,17,19H,3-8,11-13,15-16H2,1-2H3,(H2,28,33)/b21-17+. The van der Waals surface area contributed by atoms with Crippen molar-refractivity contribution in [2.45, 2.75) is 65.2 Å². The van der Waals surface area contributed by atoms with Crippen LogP contribution in [0.4, 0.5) is 5.82 Å². The zero-order valence-electron chi connectivity index (χ0n) is 21.6. The number of carbonyl (C=O) groups excluding carboxylic acids is 2. The van der Waals surface area contributed by atoms with Gasteiger partial charge < -0.3 is 10.6 Å². The monoisotopic (exact) mass is 541 g/mol. The molecule has 0 bridgehead atoms. The van der Waals surface area contributed by atoms with Gasteiger partial charge in [-0.2, -0.15) is 0 Å². The second-order valence-corrected chi connectivity index (χ2v) is 11.5. The first-order valence-electron chi connectivity index (χ1n) is 13.1. The molecule has 0 unspecified atom stereocenters. The average Bonchev–Trinajstić information content (AvgIpc) is 3.15. The number of hydrogen-bond acceptors (Lipinski definition) is 7. The molecule has 0 spiro atoms. The summed E-state index contributed by atoms with van der Waals surface area (Å²) in [6.07, 6.45) is 11.3. The molecule has 37 heavy (non-hydrogen) atoms. The van der Waals surface area contributed by atoms with Gasteiger partial charge in [0.15, 0.2) is 0 Å². The highest BCUT2D eigenvalue weighted by Crippen LogP contribution is 2.34. The third-order valence-corrected chi connectivity index (χ3v) is 8.52. The number of primary amides is 1. The summed E-state index contributed by atoms with van der Waals surface area (Å²) in [7, 11) is 0. The first-order valence-corrected chi connectivity index (χ1v) is 14.4. The molecule has 0 aromatic carbocycles. The molecular weight excluding hydrogens is 506 g/mol. The van der Waals surface area contributed by atoms with Gasteiger partial charge in [0, 0.05) is 31.7 Å². The highest BCUT2D eigenvalue weighted by molar-refractivity contribution is 8.26. The molecule has 8 nitrogen and oxygen atoms in total. The number of nitrogens with zero attached hydrogens (tertiary/aromatic N) is 4. The van der Waals surface area contributed by atoms with Crippen LogP contribution in [0, 0.1) is 12.8 Å². The van der Waals surface area contributed by atoms with E-state index in [1.165, 1.54) is 35.4 Å². The summed E-state index contributed by atoms with van der Waals surface area (Å²) in [5.74, 6) is -0.100. The molecule has 4 heterocycles. The van der Waals surface area contributed by atoms with Gasteiger partial charge in [-0.25, -0.2) is 4.98 Å². The molecule has 2 aliphatic rings. The van der Waals surface area contributed by atoms with Gasteiger partial charge in [0.1, 0.15) is 15.8 Å². The van der Waals surface area contributed by atoms with E-state index in [1.807, 2.05) is 24.0 Å². The second kappa shape index (κ2) is 12.2. The van der Waals surface area contributed by atoms with Crippen LogP contribution in [0.1, 0.15) is 69.4 Å². The van der Waals surface area contributed by atoms with Crippen molar-refractivity contribution >= 4 is 57.7 Å². The first-order chi connectivity index (χ1) is 17.8. The van der Waals surface area contributed by atoms with Gasteiger partial charge in [-0.3, -0.25) is 23.7 Å². The predicted molar refractivity (Wildman–Crippen MR) is 154 cm³/mol. The molecule has 0 atom stereocenters. The number of thiocarbonyl (C=S) groups is 1. The lowest BCUT2D eigenvalue weighted by molar-refractivity contribution is -0.123. The normalized spacial score (nSPS) is 17.9. The maximum absolute atomic E-state index is 13.7. The molecule has 2 aliphatic heterocycles. The number of aromatic nitrogens is 2. The van der Waals surface area contributed by atoms with E-state index in [0.29, 0.717) is 58.7 Å². The van der Waals surface area contributed by atoms with Crippen LogP contribution in [-0.2, 0) is 9.59 Å². The minimum absolute atomic E-state index is 0.157. The number of piperidine rings is 1. The Labute approximate surface area is 227 Å². The van der Waals surface area contributed by atoms with E-state index in [1.54, 1.807) is 17.2 Å². The van der Waals surface area contributed by atoms with Crippen LogP contribution in [0.3, 0.4) is 0 Å². The topological polar surface area (TPSA) is 101 Å². The second-order valence-electron chi connectivity index (χ2n) is 9.80. The number of thioether (sulfide) groups is 1. The SMILES string of the molecule is CCCCCCCCN1C(=O)/C(=C\c2c(N3CCC(C(N)=O)CC3)nc3c(C)cccn3c2=O)SC1=S. The number of nitrogens with two attached hydrogens (primary N) is 1. The molecule has 0 radical (unpaired) electrons. The number of unbranched alkanes of at least 4 members (excludes halogenated alkanes) is 5. The third kappa shape index (κ3) is 6.06. The summed E-state index contributed by atoms with van der Waals surface area (Å²) in [5, 5.41) is 0. The Morgan fingerprint density at radius 2 is 1.89 bits per heavy atom. The average molecular weight is 542 g/mol. The number of rotatable bonds is 10. The van der Waals surface area contributed by atoms with Crippen molar-refractivity contribution in [2.24, 2.45) is 11.7 Å². The van der Waals surface area contributed by atoms with Crippen molar-refractivity contribution in [1.29, 1.82) is 0 Å². The summed E-state index contributed by atoms with van der Waals surface area (Å²) < 4.78 is 2.05. The summed E-state index contributed by atoms with van der Waals surface area (Å²) in [6, 6.07) is 3.73. The third-order valence-electron chi connectivity index (χ3n) is 7.15. The largest absolute Gasteiger partial charge is 0.369 e. The Morgan fingerprint density at radius 3 is 2.59 bits per heavy atom. The van der Waals surface area contributed by atoms with E-state index in [2.05, 4.69) is 6.92 Å². The van der Waals surface area contributed by atoms with E-state index in [9.17, 15) is 14.4 Å². The molecular formula is C27H35N5O3S2. The number of pyridine rings is 1. The lowest BCUT2D eigenvalue weighted by Gasteiger charge is -2.32. The maximum atomic E-state index is 13.7.